The quantitative estimate of drug-likeness (QED) is 0.801. The Hall–Kier alpha value is -1.64. The summed E-state index contributed by atoms with van der Waals surface area (Å²) in [5.74, 6) is 0.463. The summed E-state index contributed by atoms with van der Waals surface area (Å²) in [7, 11) is 1.13. The standard InChI is InChI=1S/C17H27N3O4S/c1-13-11-14(2)16(24-5)15(12-13)17(21)19-7-6-8-20(10-9-19)25(22,23)18(3)4/h11-12H,6-10H2,1-5H3. The van der Waals surface area contributed by atoms with Crippen LogP contribution in [-0.2, 0) is 10.2 Å². The lowest BCUT2D eigenvalue weighted by molar-refractivity contribution is 0.0760. The molecule has 1 amide bonds. The normalized spacial score (nSPS) is 16.8. The van der Waals surface area contributed by atoms with E-state index in [2.05, 4.69) is 0 Å². The maximum Gasteiger partial charge on any atom is 0.281 e. The van der Waals surface area contributed by atoms with Gasteiger partial charge in [0.1, 0.15) is 5.75 Å². The van der Waals surface area contributed by atoms with Crippen molar-refractivity contribution in [3.8, 4) is 5.75 Å². The SMILES string of the molecule is COc1c(C)cc(C)cc1C(=O)N1CCCN(S(=O)(=O)N(C)C)CC1. The number of carbonyl (C=O) groups excluding carboxylic acids is 1. The van der Waals surface area contributed by atoms with E-state index in [1.54, 1.807) is 12.0 Å². The second-order valence-corrected chi connectivity index (χ2v) is 8.64. The van der Waals surface area contributed by atoms with Crippen LogP contribution < -0.4 is 4.74 Å². The molecule has 0 atom stereocenters. The van der Waals surface area contributed by atoms with Gasteiger partial charge >= 0.3 is 0 Å². The fourth-order valence-electron chi connectivity index (χ4n) is 3.11. The van der Waals surface area contributed by atoms with E-state index < -0.39 is 10.2 Å². The lowest BCUT2D eigenvalue weighted by atomic mass is 10.0. The van der Waals surface area contributed by atoms with Gasteiger partial charge in [-0.1, -0.05) is 6.07 Å². The molecule has 1 fully saturated rings. The first-order valence-corrected chi connectivity index (χ1v) is 9.70. The number of hydrogen-bond acceptors (Lipinski definition) is 4. The van der Waals surface area contributed by atoms with E-state index in [1.807, 2.05) is 26.0 Å². The Morgan fingerprint density at radius 2 is 1.80 bits per heavy atom. The van der Waals surface area contributed by atoms with E-state index in [-0.39, 0.29) is 5.91 Å². The van der Waals surface area contributed by atoms with Crippen LogP contribution in [0.2, 0.25) is 0 Å². The highest BCUT2D eigenvalue weighted by molar-refractivity contribution is 7.86. The van der Waals surface area contributed by atoms with Crippen molar-refractivity contribution in [1.29, 1.82) is 0 Å². The highest BCUT2D eigenvalue weighted by Gasteiger charge is 2.29. The Morgan fingerprint density at radius 1 is 1.12 bits per heavy atom. The minimum absolute atomic E-state index is 0.118. The van der Waals surface area contributed by atoms with E-state index in [0.717, 1.165) is 11.1 Å². The second-order valence-electron chi connectivity index (χ2n) is 6.50. The van der Waals surface area contributed by atoms with Gasteiger partial charge in [0.25, 0.3) is 16.1 Å². The predicted octanol–water partition coefficient (Wildman–Crippen LogP) is 1.27. The van der Waals surface area contributed by atoms with Crippen molar-refractivity contribution in [3.63, 3.8) is 0 Å². The Kier molecular flexibility index (Phi) is 6.08. The molecular weight excluding hydrogens is 342 g/mol. The van der Waals surface area contributed by atoms with Crippen LogP contribution >= 0.6 is 0 Å². The molecule has 1 saturated heterocycles. The van der Waals surface area contributed by atoms with Crippen molar-refractivity contribution in [2.24, 2.45) is 0 Å². The first kappa shape index (κ1) is 19.7. The molecule has 0 spiro atoms. The van der Waals surface area contributed by atoms with Gasteiger partial charge in [-0.3, -0.25) is 4.79 Å². The molecule has 7 nitrogen and oxygen atoms in total. The lowest BCUT2D eigenvalue weighted by Gasteiger charge is -2.25. The molecule has 1 aromatic carbocycles. The number of aryl methyl sites for hydroxylation is 2. The Balaban J connectivity index is 2.23. The summed E-state index contributed by atoms with van der Waals surface area (Å²) in [5, 5.41) is 0. The van der Waals surface area contributed by atoms with E-state index >= 15 is 0 Å². The number of amides is 1. The van der Waals surface area contributed by atoms with E-state index in [4.69, 9.17) is 4.74 Å². The zero-order chi connectivity index (χ0) is 18.8. The monoisotopic (exact) mass is 369 g/mol. The zero-order valence-electron chi connectivity index (χ0n) is 15.6. The van der Waals surface area contributed by atoms with Crippen LogP contribution in [0.15, 0.2) is 12.1 Å². The molecule has 0 N–H and O–H groups in total. The number of benzene rings is 1. The number of carbonyl (C=O) groups is 1. The number of rotatable bonds is 4. The molecule has 8 heteroatoms. The van der Waals surface area contributed by atoms with Crippen LogP contribution in [0, 0.1) is 13.8 Å². The van der Waals surface area contributed by atoms with Crippen molar-refractivity contribution in [3.05, 3.63) is 28.8 Å². The van der Waals surface area contributed by atoms with Crippen LogP contribution in [0.25, 0.3) is 0 Å². The molecule has 1 aromatic rings. The van der Waals surface area contributed by atoms with Gasteiger partial charge in [0, 0.05) is 40.3 Å². The summed E-state index contributed by atoms with van der Waals surface area (Å²) in [6, 6.07) is 3.80. The predicted molar refractivity (Wildman–Crippen MR) is 97.2 cm³/mol. The summed E-state index contributed by atoms with van der Waals surface area (Å²) in [5.41, 5.74) is 2.44. The topological polar surface area (TPSA) is 70.2 Å². The number of hydrogen-bond donors (Lipinski definition) is 0. The third-order valence-electron chi connectivity index (χ3n) is 4.38. The summed E-state index contributed by atoms with van der Waals surface area (Å²) >= 11 is 0. The van der Waals surface area contributed by atoms with Gasteiger partial charge in [0.15, 0.2) is 0 Å². The fraction of sp³-hybridized carbons (Fsp3) is 0.588. The fourth-order valence-corrected chi connectivity index (χ4v) is 4.25. The summed E-state index contributed by atoms with van der Waals surface area (Å²) in [6.45, 7) is 5.44. The molecule has 1 aliphatic rings. The first-order valence-electron chi connectivity index (χ1n) is 8.30. The molecular formula is C17H27N3O4S. The molecule has 140 valence electrons. The first-order chi connectivity index (χ1) is 11.7. The lowest BCUT2D eigenvalue weighted by Crippen LogP contribution is -2.42. The van der Waals surface area contributed by atoms with Crippen LogP contribution in [0.4, 0.5) is 0 Å². The Labute approximate surface area is 150 Å². The van der Waals surface area contributed by atoms with E-state index in [0.29, 0.717) is 43.9 Å². The molecule has 0 aromatic heterocycles. The minimum Gasteiger partial charge on any atom is -0.496 e. The van der Waals surface area contributed by atoms with Gasteiger partial charge in [-0.15, -0.1) is 0 Å². The summed E-state index contributed by atoms with van der Waals surface area (Å²) < 4.78 is 32.7. The smallest absolute Gasteiger partial charge is 0.281 e. The third-order valence-corrected chi connectivity index (χ3v) is 6.32. The van der Waals surface area contributed by atoms with Crippen LogP contribution in [0.1, 0.15) is 27.9 Å². The highest BCUT2D eigenvalue weighted by Crippen LogP contribution is 2.27. The molecule has 2 rings (SSSR count). The van der Waals surface area contributed by atoms with Crippen molar-refractivity contribution < 1.29 is 17.9 Å². The average Bonchev–Trinajstić information content (AvgIpc) is 2.79. The van der Waals surface area contributed by atoms with Crippen LogP contribution in [-0.4, -0.2) is 75.2 Å². The molecule has 0 bridgehead atoms. The van der Waals surface area contributed by atoms with Crippen LogP contribution in [0.5, 0.6) is 5.75 Å². The summed E-state index contributed by atoms with van der Waals surface area (Å²) in [4.78, 5) is 14.7. The van der Waals surface area contributed by atoms with Gasteiger partial charge in [-0.2, -0.15) is 17.0 Å². The molecule has 0 saturated carbocycles. The van der Waals surface area contributed by atoms with Gasteiger partial charge in [0.2, 0.25) is 0 Å². The van der Waals surface area contributed by atoms with Crippen LogP contribution in [0.3, 0.4) is 0 Å². The van der Waals surface area contributed by atoms with E-state index in [1.165, 1.54) is 22.7 Å². The molecule has 1 heterocycles. The molecule has 25 heavy (non-hydrogen) atoms. The minimum atomic E-state index is -3.46. The second kappa shape index (κ2) is 7.72. The molecule has 0 aliphatic carbocycles. The average molecular weight is 369 g/mol. The van der Waals surface area contributed by atoms with Crippen molar-refractivity contribution >= 4 is 16.1 Å². The van der Waals surface area contributed by atoms with Crippen molar-refractivity contribution in [2.45, 2.75) is 20.3 Å². The number of ether oxygens (including phenoxy) is 1. The van der Waals surface area contributed by atoms with Crippen molar-refractivity contribution in [1.82, 2.24) is 13.5 Å². The molecule has 0 unspecified atom stereocenters. The molecule has 1 aliphatic heterocycles. The van der Waals surface area contributed by atoms with Gasteiger partial charge in [-0.05, 0) is 37.5 Å². The Bertz CT molecular complexity index is 747. The Morgan fingerprint density at radius 3 is 2.40 bits per heavy atom. The van der Waals surface area contributed by atoms with Gasteiger partial charge in [-0.25, -0.2) is 0 Å². The van der Waals surface area contributed by atoms with Gasteiger partial charge < -0.3 is 9.64 Å². The van der Waals surface area contributed by atoms with E-state index in [9.17, 15) is 13.2 Å². The zero-order valence-corrected chi connectivity index (χ0v) is 16.4. The third kappa shape index (κ3) is 4.13. The maximum absolute atomic E-state index is 13.0. The summed E-state index contributed by atoms with van der Waals surface area (Å²) in [6.07, 6.45) is 0.603. The highest BCUT2D eigenvalue weighted by atomic mass is 32.2. The van der Waals surface area contributed by atoms with Gasteiger partial charge in [0.05, 0.1) is 12.7 Å². The number of methoxy groups -OCH3 is 1. The van der Waals surface area contributed by atoms with Crippen molar-refractivity contribution in [2.75, 3.05) is 47.4 Å². The number of nitrogens with zero attached hydrogens (tertiary/aromatic N) is 3. The molecule has 0 radical (unpaired) electrons. The maximum atomic E-state index is 13.0. The largest absolute Gasteiger partial charge is 0.496 e.